The Morgan fingerprint density at radius 3 is 2.54 bits per heavy atom. The zero-order valence-electron chi connectivity index (χ0n) is 15.9. The van der Waals surface area contributed by atoms with Crippen LogP contribution in [0.25, 0.3) is 0 Å². The van der Waals surface area contributed by atoms with Crippen LogP contribution >= 0.6 is 22.9 Å². The van der Waals surface area contributed by atoms with Crippen molar-refractivity contribution >= 4 is 45.6 Å². The van der Waals surface area contributed by atoms with Crippen molar-refractivity contribution < 1.29 is 14.3 Å². The molecule has 150 valence electrons. The van der Waals surface area contributed by atoms with Gasteiger partial charge in [-0.2, -0.15) is 0 Å². The van der Waals surface area contributed by atoms with Gasteiger partial charge in [0.2, 0.25) is 5.91 Å². The fourth-order valence-electron chi connectivity index (χ4n) is 3.01. The van der Waals surface area contributed by atoms with Crippen LogP contribution in [0.1, 0.15) is 22.3 Å². The summed E-state index contributed by atoms with van der Waals surface area (Å²) in [4.78, 5) is 33.3. The minimum Gasteiger partial charge on any atom is -0.462 e. The molecule has 0 aliphatic carbocycles. The van der Waals surface area contributed by atoms with Crippen LogP contribution < -0.4 is 10.2 Å². The van der Waals surface area contributed by atoms with E-state index >= 15 is 0 Å². The Hall–Kier alpha value is -2.16. The molecule has 28 heavy (non-hydrogen) atoms. The second kappa shape index (κ2) is 9.36. The number of amides is 1. The Balaban J connectivity index is 1.49. The van der Waals surface area contributed by atoms with Gasteiger partial charge in [0, 0.05) is 36.9 Å². The number of ether oxygens (including phenoxy) is 1. The summed E-state index contributed by atoms with van der Waals surface area (Å²) in [6.45, 7) is 7.36. The van der Waals surface area contributed by atoms with E-state index in [4.69, 9.17) is 16.3 Å². The van der Waals surface area contributed by atoms with Gasteiger partial charge in [-0.15, -0.1) is 0 Å². The molecule has 1 aromatic heterocycles. The van der Waals surface area contributed by atoms with Crippen molar-refractivity contribution in [2.75, 3.05) is 49.5 Å². The molecule has 1 aromatic carbocycles. The number of nitrogens with one attached hydrogen (secondary N) is 1. The predicted molar refractivity (Wildman–Crippen MR) is 112 cm³/mol. The Labute approximate surface area is 173 Å². The summed E-state index contributed by atoms with van der Waals surface area (Å²) in [5.41, 5.74) is 1.70. The first kappa shape index (κ1) is 20.6. The minimum atomic E-state index is -0.406. The summed E-state index contributed by atoms with van der Waals surface area (Å²) in [5.74, 6) is -0.541. The maximum Gasteiger partial charge on any atom is 0.350 e. The van der Waals surface area contributed by atoms with Gasteiger partial charge >= 0.3 is 5.97 Å². The van der Waals surface area contributed by atoms with Gasteiger partial charge in [-0.1, -0.05) is 22.9 Å². The molecule has 1 fully saturated rings. The first-order chi connectivity index (χ1) is 13.5. The summed E-state index contributed by atoms with van der Waals surface area (Å²) < 4.78 is 5.00. The molecule has 0 saturated carbocycles. The van der Waals surface area contributed by atoms with Gasteiger partial charge in [0.05, 0.1) is 18.8 Å². The van der Waals surface area contributed by atoms with Crippen LogP contribution in [0.5, 0.6) is 0 Å². The fourth-order valence-corrected chi connectivity index (χ4v) is 4.02. The Bertz CT molecular complexity index is 832. The van der Waals surface area contributed by atoms with Crippen LogP contribution in [-0.2, 0) is 9.53 Å². The summed E-state index contributed by atoms with van der Waals surface area (Å²) in [6.07, 6.45) is 0. The van der Waals surface area contributed by atoms with Crippen LogP contribution in [0.4, 0.5) is 10.8 Å². The molecule has 0 spiro atoms. The highest BCUT2D eigenvalue weighted by Crippen LogP contribution is 2.23. The summed E-state index contributed by atoms with van der Waals surface area (Å²) in [7, 11) is 0. The lowest BCUT2D eigenvalue weighted by Crippen LogP contribution is -2.48. The highest BCUT2D eigenvalue weighted by atomic mass is 35.5. The van der Waals surface area contributed by atoms with Gasteiger partial charge in [-0.3, -0.25) is 9.69 Å². The lowest BCUT2D eigenvalue weighted by molar-refractivity contribution is -0.117. The molecule has 2 heterocycles. The zero-order valence-corrected chi connectivity index (χ0v) is 17.5. The predicted octanol–water partition coefficient (Wildman–Crippen LogP) is 3.04. The van der Waals surface area contributed by atoms with E-state index in [-0.39, 0.29) is 5.91 Å². The number of esters is 1. The van der Waals surface area contributed by atoms with E-state index in [1.807, 2.05) is 24.3 Å². The fraction of sp³-hybridized carbons (Fsp3) is 0.421. The molecule has 1 saturated heterocycles. The molecule has 2 aromatic rings. The Morgan fingerprint density at radius 2 is 1.89 bits per heavy atom. The number of benzene rings is 1. The van der Waals surface area contributed by atoms with Crippen molar-refractivity contribution in [3.05, 3.63) is 39.9 Å². The van der Waals surface area contributed by atoms with E-state index in [0.717, 1.165) is 48.2 Å². The first-order valence-corrected chi connectivity index (χ1v) is 10.3. The van der Waals surface area contributed by atoms with Gasteiger partial charge < -0.3 is 15.0 Å². The van der Waals surface area contributed by atoms with Crippen molar-refractivity contribution in [2.24, 2.45) is 0 Å². The molecule has 0 radical (unpaired) electrons. The number of hydrogen-bond acceptors (Lipinski definition) is 7. The number of aromatic nitrogens is 1. The van der Waals surface area contributed by atoms with E-state index in [1.54, 1.807) is 13.8 Å². The van der Waals surface area contributed by atoms with Crippen LogP contribution in [0.2, 0.25) is 5.02 Å². The molecule has 1 N–H and O–H groups in total. The van der Waals surface area contributed by atoms with Crippen molar-refractivity contribution in [3.8, 4) is 0 Å². The average Bonchev–Trinajstić information content (AvgIpc) is 3.03. The first-order valence-electron chi connectivity index (χ1n) is 9.13. The molecule has 0 unspecified atom stereocenters. The normalized spacial score (nSPS) is 14.8. The van der Waals surface area contributed by atoms with E-state index < -0.39 is 5.97 Å². The van der Waals surface area contributed by atoms with E-state index in [1.165, 1.54) is 0 Å². The number of hydrogen-bond donors (Lipinski definition) is 1. The number of rotatable bonds is 6. The largest absolute Gasteiger partial charge is 0.462 e. The van der Waals surface area contributed by atoms with Gasteiger partial charge in [0.25, 0.3) is 0 Å². The van der Waals surface area contributed by atoms with Crippen molar-refractivity contribution in [1.29, 1.82) is 0 Å². The van der Waals surface area contributed by atoms with Gasteiger partial charge in [0.1, 0.15) is 4.88 Å². The molecular weight excluding hydrogens is 400 g/mol. The topological polar surface area (TPSA) is 74.8 Å². The Kier molecular flexibility index (Phi) is 6.88. The number of piperazine rings is 1. The molecule has 1 aliphatic heterocycles. The van der Waals surface area contributed by atoms with E-state index in [9.17, 15) is 9.59 Å². The smallest absolute Gasteiger partial charge is 0.350 e. The molecule has 1 amide bonds. The number of anilines is 2. The molecule has 7 nitrogen and oxygen atoms in total. The highest BCUT2D eigenvalue weighted by Gasteiger charge is 2.21. The molecule has 1 aliphatic rings. The average molecular weight is 423 g/mol. The van der Waals surface area contributed by atoms with Crippen molar-refractivity contribution in [3.63, 3.8) is 0 Å². The van der Waals surface area contributed by atoms with Gasteiger partial charge in [0.15, 0.2) is 5.13 Å². The standard InChI is InChI=1S/C19H23ClN4O3S/c1-3-27-18(26)17-13(2)21-19(28-17)22-16(25)12-23-8-10-24(11-9-23)15-6-4-14(20)5-7-15/h4-7H,3,8-12H2,1-2H3,(H,21,22,25). The number of nitrogens with zero attached hydrogens (tertiary/aromatic N) is 3. The van der Waals surface area contributed by atoms with Crippen LogP contribution in [0.3, 0.4) is 0 Å². The third-order valence-corrected chi connectivity index (χ3v) is 5.74. The van der Waals surface area contributed by atoms with Crippen LogP contribution in [0, 0.1) is 6.92 Å². The highest BCUT2D eigenvalue weighted by molar-refractivity contribution is 7.17. The van der Waals surface area contributed by atoms with Gasteiger partial charge in [-0.25, -0.2) is 9.78 Å². The SMILES string of the molecule is CCOC(=O)c1sc(NC(=O)CN2CCN(c3ccc(Cl)cc3)CC2)nc1C. The number of thiazole rings is 1. The van der Waals surface area contributed by atoms with Crippen LogP contribution in [0.15, 0.2) is 24.3 Å². The molecule has 0 bridgehead atoms. The second-order valence-electron chi connectivity index (χ2n) is 6.44. The molecule has 3 rings (SSSR count). The lowest BCUT2D eigenvalue weighted by Gasteiger charge is -2.35. The van der Waals surface area contributed by atoms with Crippen molar-refractivity contribution in [1.82, 2.24) is 9.88 Å². The third-order valence-electron chi connectivity index (χ3n) is 4.44. The van der Waals surface area contributed by atoms with E-state index in [2.05, 4.69) is 20.1 Å². The third kappa shape index (κ3) is 5.21. The Morgan fingerprint density at radius 1 is 1.21 bits per heavy atom. The summed E-state index contributed by atoms with van der Waals surface area (Å²) in [5, 5.41) is 3.93. The van der Waals surface area contributed by atoms with Gasteiger partial charge in [-0.05, 0) is 38.1 Å². The number of carbonyl (C=O) groups excluding carboxylic acids is 2. The maximum absolute atomic E-state index is 12.4. The summed E-state index contributed by atoms with van der Waals surface area (Å²) in [6, 6.07) is 7.79. The summed E-state index contributed by atoms with van der Waals surface area (Å²) >= 11 is 7.08. The monoisotopic (exact) mass is 422 g/mol. The molecule has 9 heteroatoms. The number of halogens is 1. The van der Waals surface area contributed by atoms with Crippen LogP contribution in [-0.4, -0.2) is 61.1 Å². The second-order valence-corrected chi connectivity index (χ2v) is 7.88. The number of carbonyl (C=O) groups is 2. The maximum atomic E-state index is 12.4. The minimum absolute atomic E-state index is 0.135. The lowest BCUT2D eigenvalue weighted by atomic mass is 10.2. The number of aryl methyl sites for hydroxylation is 1. The quantitative estimate of drug-likeness (QED) is 0.721. The zero-order chi connectivity index (χ0) is 20.1. The molecule has 0 atom stereocenters. The van der Waals surface area contributed by atoms with E-state index in [0.29, 0.717) is 28.9 Å². The molecular formula is C19H23ClN4O3S. The van der Waals surface area contributed by atoms with Crippen molar-refractivity contribution in [2.45, 2.75) is 13.8 Å².